The monoisotopic (exact) mass is 223 g/mol. The Hall–Kier alpha value is -0.320. The van der Waals surface area contributed by atoms with Crippen LogP contribution in [0.2, 0.25) is 0 Å². The zero-order chi connectivity index (χ0) is 10.8. The van der Waals surface area contributed by atoms with Crippen LogP contribution in [0.4, 0.5) is 0 Å². The third-order valence-electron chi connectivity index (χ3n) is 1.63. The number of rotatable bonds is 8. The van der Waals surface area contributed by atoms with E-state index >= 15 is 0 Å². The fourth-order valence-corrected chi connectivity index (χ4v) is 1.08. The molecule has 0 bridgehead atoms. The third kappa shape index (κ3) is 7.12. The van der Waals surface area contributed by atoms with Crippen LogP contribution in [-0.2, 0) is 14.3 Å². The molecule has 1 atom stereocenters. The van der Waals surface area contributed by atoms with E-state index in [0.29, 0.717) is 6.54 Å². The molecule has 14 heavy (non-hydrogen) atoms. The molecule has 4 nitrogen and oxygen atoms in total. The van der Waals surface area contributed by atoms with Crippen LogP contribution in [0.5, 0.6) is 0 Å². The Morgan fingerprint density at radius 3 is 2.86 bits per heavy atom. The van der Waals surface area contributed by atoms with Crippen molar-refractivity contribution in [3.05, 3.63) is 0 Å². The van der Waals surface area contributed by atoms with E-state index in [-0.39, 0.29) is 0 Å². The average Bonchev–Trinajstić information content (AvgIpc) is 2.21. The van der Waals surface area contributed by atoms with Crippen molar-refractivity contribution in [2.75, 3.05) is 33.4 Å². The van der Waals surface area contributed by atoms with Gasteiger partial charge in [-0.05, 0) is 19.9 Å². The van der Waals surface area contributed by atoms with Crippen LogP contribution in [0.15, 0.2) is 0 Å². The number of nitrogens with one attached hydrogen (secondary N) is 1. The summed E-state index contributed by atoms with van der Waals surface area (Å²) in [6, 6.07) is 0. The fraction of sp³-hybridized carbons (Fsp3) is 0.889. The first kappa shape index (κ1) is 13.7. The van der Waals surface area contributed by atoms with Gasteiger partial charge >= 0.3 is 5.97 Å². The Labute approximate surface area is 89.9 Å². The molecule has 84 valence electrons. The second-order valence-corrected chi connectivity index (χ2v) is 3.27. The largest absolute Gasteiger partial charge is 0.468 e. The van der Waals surface area contributed by atoms with Crippen LogP contribution < -0.4 is 5.32 Å². The number of methoxy groups -OCH3 is 1. The lowest BCUT2D eigenvalue weighted by molar-refractivity contribution is -0.140. The van der Waals surface area contributed by atoms with E-state index in [1.807, 2.05) is 6.92 Å². The Kier molecular flexibility index (Phi) is 9.03. The minimum absolute atomic E-state index is 0.399. The standard InChI is InChI=1S/C9H18ClNO3/c1-3-14-6-4-5-11-7-8(10)9(12)13-2/h8,11H,3-7H2,1-2H3. The zero-order valence-corrected chi connectivity index (χ0v) is 9.47. The van der Waals surface area contributed by atoms with Gasteiger partial charge in [-0.25, -0.2) is 0 Å². The van der Waals surface area contributed by atoms with Gasteiger partial charge in [0, 0.05) is 19.8 Å². The quantitative estimate of drug-likeness (QED) is 0.375. The van der Waals surface area contributed by atoms with Crippen LogP contribution in [0.1, 0.15) is 13.3 Å². The first-order valence-electron chi connectivity index (χ1n) is 4.72. The topological polar surface area (TPSA) is 47.6 Å². The maximum atomic E-state index is 10.9. The molecule has 0 aromatic rings. The number of ether oxygens (including phenoxy) is 2. The summed E-state index contributed by atoms with van der Waals surface area (Å²) in [5, 5.41) is 2.44. The van der Waals surface area contributed by atoms with Gasteiger partial charge in [0.05, 0.1) is 7.11 Å². The van der Waals surface area contributed by atoms with E-state index in [2.05, 4.69) is 10.1 Å². The lowest BCUT2D eigenvalue weighted by atomic mass is 10.4. The molecule has 0 fully saturated rings. The molecule has 1 N–H and O–H groups in total. The predicted octanol–water partition coefficient (Wildman–Crippen LogP) is 0.783. The Balaban J connectivity index is 3.23. The highest BCUT2D eigenvalue weighted by Gasteiger charge is 2.14. The number of esters is 1. The minimum Gasteiger partial charge on any atom is -0.468 e. The normalized spacial score (nSPS) is 12.5. The summed E-state index contributed by atoms with van der Waals surface area (Å²) in [5.41, 5.74) is 0. The van der Waals surface area contributed by atoms with Crippen LogP contribution in [0.3, 0.4) is 0 Å². The van der Waals surface area contributed by atoms with E-state index < -0.39 is 11.3 Å². The number of carbonyl (C=O) groups is 1. The lowest BCUT2D eigenvalue weighted by Gasteiger charge is -2.08. The molecule has 0 rings (SSSR count). The highest BCUT2D eigenvalue weighted by atomic mass is 35.5. The van der Waals surface area contributed by atoms with Gasteiger partial charge in [-0.2, -0.15) is 0 Å². The molecule has 1 unspecified atom stereocenters. The molecule has 0 aliphatic rings. The van der Waals surface area contributed by atoms with E-state index in [1.165, 1.54) is 7.11 Å². The van der Waals surface area contributed by atoms with Crippen molar-refractivity contribution >= 4 is 17.6 Å². The molecule has 0 aromatic carbocycles. The van der Waals surface area contributed by atoms with Gasteiger partial charge in [0.1, 0.15) is 5.38 Å². The third-order valence-corrected chi connectivity index (χ3v) is 1.96. The van der Waals surface area contributed by atoms with E-state index in [9.17, 15) is 4.79 Å². The summed E-state index contributed by atoms with van der Waals surface area (Å²) in [7, 11) is 1.33. The lowest BCUT2D eigenvalue weighted by Crippen LogP contribution is -2.31. The predicted molar refractivity (Wildman–Crippen MR) is 55.6 cm³/mol. The number of hydrogen-bond acceptors (Lipinski definition) is 4. The minimum atomic E-state index is -0.605. The van der Waals surface area contributed by atoms with Crippen molar-refractivity contribution in [3.8, 4) is 0 Å². The second kappa shape index (κ2) is 9.24. The number of halogens is 1. The van der Waals surface area contributed by atoms with Crippen molar-refractivity contribution in [1.82, 2.24) is 5.32 Å². The number of alkyl halides is 1. The molecule has 5 heteroatoms. The van der Waals surface area contributed by atoms with Crippen molar-refractivity contribution in [2.24, 2.45) is 0 Å². The molecule has 0 spiro atoms. The smallest absolute Gasteiger partial charge is 0.325 e. The Morgan fingerprint density at radius 1 is 1.57 bits per heavy atom. The molecule has 0 aliphatic heterocycles. The summed E-state index contributed by atoms with van der Waals surface area (Å²) in [5.74, 6) is -0.399. The second-order valence-electron chi connectivity index (χ2n) is 2.75. The molecule has 0 saturated heterocycles. The Morgan fingerprint density at radius 2 is 2.29 bits per heavy atom. The van der Waals surface area contributed by atoms with Gasteiger partial charge in [-0.3, -0.25) is 4.79 Å². The van der Waals surface area contributed by atoms with Crippen molar-refractivity contribution < 1.29 is 14.3 Å². The average molecular weight is 224 g/mol. The summed E-state index contributed by atoms with van der Waals surface area (Å²) < 4.78 is 9.62. The summed E-state index contributed by atoms with van der Waals surface area (Å²) >= 11 is 5.70. The maximum absolute atomic E-state index is 10.9. The first-order chi connectivity index (χ1) is 6.72. The molecule has 0 radical (unpaired) electrons. The van der Waals surface area contributed by atoms with Crippen LogP contribution >= 0.6 is 11.6 Å². The molecular formula is C9H18ClNO3. The molecular weight excluding hydrogens is 206 g/mol. The summed E-state index contributed by atoms with van der Waals surface area (Å²) in [6.07, 6.45) is 0.915. The number of hydrogen-bond donors (Lipinski definition) is 1. The Bertz CT molecular complexity index is 155. The molecule has 0 amide bonds. The maximum Gasteiger partial charge on any atom is 0.325 e. The van der Waals surface area contributed by atoms with E-state index in [0.717, 1.165) is 26.2 Å². The van der Waals surface area contributed by atoms with Crippen molar-refractivity contribution in [2.45, 2.75) is 18.7 Å². The summed E-state index contributed by atoms with van der Waals surface area (Å²) in [4.78, 5) is 10.9. The van der Waals surface area contributed by atoms with Gasteiger partial charge in [-0.15, -0.1) is 11.6 Å². The SMILES string of the molecule is CCOCCCNCC(Cl)C(=O)OC. The van der Waals surface area contributed by atoms with Gasteiger partial charge in [0.15, 0.2) is 0 Å². The first-order valence-corrected chi connectivity index (χ1v) is 5.16. The highest BCUT2D eigenvalue weighted by Crippen LogP contribution is 1.96. The molecule has 0 aromatic heterocycles. The molecule has 0 aliphatic carbocycles. The van der Waals surface area contributed by atoms with E-state index in [1.54, 1.807) is 0 Å². The zero-order valence-electron chi connectivity index (χ0n) is 8.72. The van der Waals surface area contributed by atoms with Crippen LogP contribution in [-0.4, -0.2) is 44.8 Å². The van der Waals surface area contributed by atoms with Gasteiger partial charge in [0.2, 0.25) is 0 Å². The van der Waals surface area contributed by atoms with Crippen LogP contribution in [0, 0.1) is 0 Å². The molecule has 0 heterocycles. The van der Waals surface area contributed by atoms with Crippen LogP contribution in [0.25, 0.3) is 0 Å². The highest BCUT2D eigenvalue weighted by molar-refractivity contribution is 6.30. The van der Waals surface area contributed by atoms with Gasteiger partial charge in [0.25, 0.3) is 0 Å². The molecule has 0 saturated carbocycles. The fourth-order valence-electron chi connectivity index (χ4n) is 0.884. The number of carbonyl (C=O) groups excluding carboxylic acids is 1. The van der Waals surface area contributed by atoms with Gasteiger partial charge < -0.3 is 14.8 Å². The van der Waals surface area contributed by atoms with Gasteiger partial charge in [-0.1, -0.05) is 0 Å². The van der Waals surface area contributed by atoms with Crippen molar-refractivity contribution in [3.63, 3.8) is 0 Å². The van der Waals surface area contributed by atoms with Crippen molar-refractivity contribution in [1.29, 1.82) is 0 Å². The van der Waals surface area contributed by atoms with E-state index in [4.69, 9.17) is 16.3 Å². The summed E-state index contributed by atoms with van der Waals surface area (Å²) in [6.45, 7) is 4.65.